The Morgan fingerprint density at radius 2 is 2.00 bits per heavy atom. The second kappa shape index (κ2) is 7.90. The number of hydrogen-bond acceptors (Lipinski definition) is 4. The zero-order chi connectivity index (χ0) is 16.0. The lowest BCUT2D eigenvalue weighted by molar-refractivity contribution is -0.140. The molecule has 114 valence electrons. The lowest BCUT2D eigenvalue weighted by atomic mass is 10.1. The molecule has 0 aromatic heterocycles. The lowest BCUT2D eigenvalue weighted by Crippen LogP contribution is -2.41. The molecule has 1 aromatic carbocycles. The molecule has 0 unspecified atom stereocenters. The Labute approximate surface area is 130 Å². The number of carbonyl (C=O) groups is 3. The van der Waals surface area contributed by atoms with Gasteiger partial charge >= 0.3 is 11.9 Å². The van der Waals surface area contributed by atoms with Crippen molar-refractivity contribution in [2.45, 2.75) is 23.8 Å². The third-order valence-electron chi connectivity index (χ3n) is 2.67. The van der Waals surface area contributed by atoms with Crippen molar-refractivity contribution in [3.8, 4) is 0 Å². The van der Waals surface area contributed by atoms with Gasteiger partial charge in [0.25, 0.3) is 5.91 Å². The number of carboxylic acid groups (broad SMARTS) is 2. The highest BCUT2D eigenvalue weighted by atomic mass is 35.5. The maximum absolute atomic E-state index is 12.1. The molecular weight excluding hydrogens is 318 g/mol. The standard InChI is InChI=1S/C13H14ClNO5S/c1-21-7-2-3-9(14)8(6-7)12(18)15-10(13(19)20)4-5-11(16)17/h2-3,6,10H,4-5H2,1H3,(H,15,18)(H,16,17)(H,19,20)/t10-/m0/s1. The van der Waals surface area contributed by atoms with Gasteiger partial charge < -0.3 is 15.5 Å². The maximum atomic E-state index is 12.1. The molecule has 1 aromatic rings. The molecule has 8 heteroatoms. The molecule has 0 saturated heterocycles. The topological polar surface area (TPSA) is 104 Å². The zero-order valence-electron chi connectivity index (χ0n) is 11.1. The number of rotatable bonds is 7. The van der Waals surface area contributed by atoms with Crippen LogP contribution in [-0.4, -0.2) is 40.4 Å². The Bertz CT molecular complexity index is 563. The van der Waals surface area contributed by atoms with E-state index in [1.165, 1.54) is 11.8 Å². The fraction of sp³-hybridized carbons (Fsp3) is 0.308. The molecule has 0 heterocycles. The summed E-state index contributed by atoms with van der Waals surface area (Å²) < 4.78 is 0. The van der Waals surface area contributed by atoms with Crippen LogP contribution in [0.3, 0.4) is 0 Å². The monoisotopic (exact) mass is 331 g/mol. The number of amides is 1. The summed E-state index contributed by atoms with van der Waals surface area (Å²) in [5.41, 5.74) is 0.157. The first-order valence-electron chi connectivity index (χ1n) is 5.94. The van der Waals surface area contributed by atoms with E-state index in [1.807, 2.05) is 6.26 Å². The minimum atomic E-state index is -1.29. The van der Waals surface area contributed by atoms with E-state index in [0.29, 0.717) is 0 Å². The van der Waals surface area contributed by atoms with Crippen LogP contribution in [0.15, 0.2) is 23.1 Å². The van der Waals surface area contributed by atoms with E-state index in [0.717, 1.165) is 4.90 Å². The predicted molar refractivity (Wildman–Crippen MR) is 79.0 cm³/mol. The van der Waals surface area contributed by atoms with E-state index in [-0.39, 0.29) is 23.4 Å². The van der Waals surface area contributed by atoms with Gasteiger partial charge in [-0.25, -0.2) is 4.79 Å². The van der Waals surface area contributed by atoms with Crippen LogP contribution in [0.1, 0.15) is 23.2 Å². The van der Waals surface area contributed by atoms with Crippen molar-refractivity contribution in [1.82, 2.24) is 5.32 Å². The van der Waals surface area contributed by atoms with E-state index in [1.54, 1.807) is 18.2 Å². The molecule has 6 nitrogen and oxygen atoms in total. The Balaban J connectivity index is 2.86. The Morgan fingerprint density at radius 1 is 1.33 bits per heavy atom. The molecule has 0 bridgehead atoms. The number of hydrogen-bond donors (Lipinski definition) is 3. The van der Waals surface area contributed by atoms with Crippen molar-refractivity contribution >= 4 is 41.2 Å². The van der Waals surface area contributed by atoms with Crippen molar-refractivity contribution in [3.05, 3.63) is 28.8 Å². The summed E-state index contributed by atoms with van der Waals surface area (Å²) in [6.45, 7) is 0. The summed E-state index contributed by atoms with van der Waals surface area (Å²) in [5.74, 6) is -3.06. The molecule has 0 fully saturated rings. The van der Waals surface area contributed by atoms with E-state index in [9.17, 15) is 14.4 Å². The first kappa shape index (κ1) is 17.3. The molecule has 21 heavy (non-hydrogen) atoms. The van der Waals surface area contributed by atoms with Gasteiger partial charge in [-0.15, -0.1) is 11.8 Å². The Hall–Kier alpha value is -1.73. The molecule has 1 rings (SSSR count). The molecule has 0 spiro atoms. The van der Waals surface area contributed by atoms with Crippen LogP contribution in [0, 0.1) is 0 Å². The average Bonchev–Trinajstić information content (AvgIpc) is 2.43. The van der Waals surface area contributed by atoms with Crippen LogP contribution in [-0.2, 0) is 9.59 Å². The summed E-state index contributed by atoms with van der Waals surface area (Å²) in [6.07, 6.45) is 1.28. The minimum absolute atomic E-state index is 0.157. The third-order valence-corrected chi connectivity index (χ3v) is 3.72. The highest BCUT2D eigenvalue weighted by molar-refractivity contribution is 7.98. The number of halogens is 1. The smallest absolute Gasteiger partial charge is 0.326 e. The number of aliphatic carboxylic acids is 2. The van der Waals surface area contributed by atoms with E-state index < -0.39 is 23.9 Å². The van der Waals surface area contributed by atoms with Gasteiger partial charge in [0.15, 0.2) is 0 Å². The number of thioether (sulfide) groups is 1. The van der Waals surface area contributed by atoms with Crippen molar-refractivity contribution in [1.29, 1.82) is 0 Å². The molecule has 1 amide bonds. The predicted octanol–water partition coefficient (Wildman–Crippen LogP) is 2.11. The number of nitrogens with one attached hydrogen (secondary N) is 1. The number of carbonyl (C=O) groups excluding carboxylic acids is 1. The molecular formula is C13H14ClNO5S. The lowest BCUT2D eigenvalue weighted by Gasteiger charge is -2.14. The Morgan fingerprint density at radius 3 is 2.52 bits per heavy atom. The van der Waals surface area contributed by atoms with Crippen LogP contribution in [0.5, 0.6) is 0 Å². The molecule has 1 atom stereocenters. The zero-order valence-corrected chi connectivity index (χ0v) is 12.7. The van der Waals surface area contributed by atoms with Gasteiger partial charge in [-0.1, -0.05) is 11.6 Å². The third kappa shape index (κ3) is 5.28. The highest BCUT2D eigenvalue weighted by Crippen LogP contribution is 2.23. The Kier molecular flexibility index (Phi) is 6.51. The van der Waals surface area contributed by atoms with Crippen LogP contribution in [0.2, 0.25) is 5.02 Å². The number of benzene rings is 1. The van der Waals surface area contributed by atoms with E-state index >= 15 is 0 Å². The van der Waals surface area contributed by atoms with Crippen LogP contribution in [0.25, 0.3) is 0 Å². The first-order valence-corrected chi connectivity index (χ1v) is 7.54. The molecule has 0 aliphatic rings. The van der Waals surface area contributed by atoms with Gasteiger partial charge in [-0.2, -0.15) is 0 Å². The summed E-state index contributed by atoms with van der Waals surface area (Å²) >= 11 is 7.34. The number of carboxylic acids is 2. The largest absolute Gasteiger partial charge is 0.481 e. The van der Waals surface area contributed by atoms with Crippen molar-refractivity contribution < 1.29 is 24.6 Å². The maximum Gasteiger partial charge on any atom is 0.326 e. The molecule has 0 saturated carbocycles. The molecule has 0 aliphatic heterocycles. The van der Waals surface area contributed by atoms with Gasteiger partial charge in [0, 0.05) is 11.3 Å². The van der Waals surface area contributed by atoms with Crippen molar-refractivity contribution in [2.75, 3.05) is 6.26 Å². The minimum Gasteiger partial charge on any atom is -0.481 e. The molecule has 0 radical (unpaired) electrons. The fourth-order valence-electron chi connectivity index (χ4n) is 1.57. The van der Waals surface area contributed by atoms with Gasteiger partial charge in [0.2, 0.25) is 0 Å². The molecule has 0 aliphatic carbocycles. The highest BCUT2D eigenvalue weighted by Gasteiger charge is 2.22. The van der Waals surface area contributed by atoms with Gasteiger partial charge in [-0.3, -0.25) is 9.59 Å². The van der Waals surface area contributed by atoms with E-state index in [4.69, 9.17) is 21.8 Å². The van der Waals surface area contributed by atoms with E-state index in [2.05, 4.69) is 5.32 Å². The SMILES string of the molecule is CSc1ccc(Cl)c(C(=O)N[C@@H](CCC(=O)O)C(=O)O)c1. The average molecular weight is 332 g/mol. The summed E-state index contributed by atoms with van der Waals surface area (Å²) in [7, 11) is 0. The van der Waals surface area contributed by atoms with Crippen LogP contribution < -0.4 is 5.32 Å². The summed E-state index contributed by atoms with van der Waals surface area (Å²) in [6, 6.07) is 3.57. The quantitative estimate of drug-likeness (QED) is 0.661. The second-order valence-corrected chi connectivity index (χ2v) is 5.43. The first-order chi connectivity index (χ1) is 9.85. The van der Waals surface area contributed by atoms with Crippen LogP contribution >= 0.6 is 23.4 Å². The van der Waals surface area contributed by atoms with Crippen molar-refractivity contribution in [2.24, 2.45) is 0 Å². The van der Waals surface area contributed by atoms with Gasteiger partial charge in [-0.05, 0) is 30.9 Å². The van der Waals surface area contributed by atoms with Gasteiger partial charge in [0.1, 0.15) is 6.04 Å². The summed E-state index contributed by atoms with van der Waals surface area (Å²) in [4.78, 5) is 34.4. The van der Waals surface area contributed by atoms with Crippen LogP contribution in [0.4, 0.5) is 0 Å². The normalized spacial score (nSPS) is 11.7. The second-order valence-electron chi connectivity index (χ2n) is 4.14. The summed E-state index contributed by atoms with van der Waals surface area (Å²) in [5, 5.41) is 20.1. The fourth-order valence-corrected chi connectivity index (χ4v) is 2.21. The molecule has 3 N–H and O–H groups in total. The van der Waals surface area contributed by atoms with Crippen molar-refractivity contribution in [3.63, 3.8) is 0 Å². The van der Waals surface area contributed by atoms with Gasteiger partial charge in [0.05, 0.1) is 10.6 Å².